The predicted molar refractivity (Wildman–Crippen MR) is 72.1 cm³/mol. The van der Waals surface area contributed by atoms with Crippen LogP contribution in [-0.2, 0) is 16.6 Å². The molecule has 0 spiro atoms. The summed E-state index contributed by atoms with van der Waals surface area (Å²) in [6.45, 7) is 0.278. The zero-order chi connectivity index (χ0) is 13.0. The Morgan fingerprint density at radius 3 is 2.83 bits per heavy atom. The fourth-order valence-corrected chi connectivity index (χ4v) is 3.32. The van der Waals surface area contributed by atoms with Gasteiger partial charge in [0.1, 0.15) is 0 Å². The fourth-order valence-electron chi connectivity index (χ4n) is 1.44. The molecule has 0 fully saturated rings. The van der Waals surface area contributed by atoms with E-state index in [4.69, 9.17) is 0 Å². The van der Waals surface area contributed by atoms with Gasteiger partial charge in [0.05, 0.1) is 5.69 Å². The van der Waals surface area contributed by atoms with Crippen molar-refractivity contribution in [2.75, 3.05) is 12.4 Å². The van der Waals surface area contributed by atoms with Crippen LogP contribution in [0.2, 0.25) is 0 Å². The van der Waals surface area contributed by atoms with E-state index in [0.717, 1.165) is 4.88 Å². The van der Waals surface area contributed by atoms with E-state index in [2.05, 4.69) is 15.0 Å². The Labute approximate surface area is 110 Å². The molecular formula is C11H13N3O2S2. The van der Waals surface area contributed by atoms with Gasteiger partial charge in [0.2, 0.25) is 0 Å². The summed E-state index contributed by atoms with van der Waals surface area (Å²) in [4.78, 5) is 4.87. The number of rotatable bonds is 5. The molecule has 0 saturated heterocycles. The molecule has 2 aromatic heterocycles. The molecule has 0 amide bonds. The van der Waals surface area contributed by atoms with Gasteiger partial charge in [-0.15, -0.1) is 11.3 Å². The fraction of sp³-hybridized carbons (Fsp3) is 0.182. The molecule has 0 aliphatic heterocycles. The lowest BCUT2D eigenvalue weighted by atomic mass is 10.4. The highest BCUT2D eigenvalue weighted by molar-refractivity contribution is 7.89. The highest BCUT2D eigenvalue weighted by atomic mass is 32.2. The van der Waals surface area contributed by atoms with E-state index in [0.29, 0.717) is 5.69 Å². The molecule has 96 valence electrons. The van der Waals surface area contributed by atoms with Crippen LogP contribution in [0.15, 0.2) is 40.9 Å². The molecule has 2 aromatic rings. The molecule has 7 heteroatoms. The van der Waals surface area contributed by atoms with E-state index in [1.165, 1.54) is 17.5 Å². The van der Waals surface area contributed by atoms with Crippen LogP contribution in [0.4, 0.5) is 5.69 Å². The lowest BCUT2D eigenvalue weighted by Gasteiger charge is -2.09. The summed E-state index contributed by atoms with van der Waals surface area (Å²) >= 11 is 1.51. The molecule has 0 aromatic carbocycles. The van der Waals surface area contributed by atoms with E-state index in [9.17, 15) is 8.42 Å². The van der Waals surface area contributed by atoms with E-state index in [1.807, 2.05) is 17.5 Å². The van der Waals surface area contributed by atoms with Gasteiger partial charge in [0, 0.05) is 24.7 Å². The second kappa shape index (κ2) is 5.47. The van der Waals surface area contributed by atoms with E-state index < -0.39 is 10.0 Å². The van der Waals surface area contributed by atoms with Crippen LogP contribution in [0, 0.1) is 0 Å². The number of hydrogen-bond acceptors (Lipinski definition) is 5. The quantitative estimate of drug-likeness (QED) is 0.875. The third-order valence-electron chi connectivity index (χ3n) is 2.31. The van der Waals surface area contributed by atoms with Crippen molar-refractivity contribution in [3.8, 4) is 0 Å². The maximum atomic E-state index is 12.1. The van der Waals surface area contributed by atoms with E-state index in [1.54, 1.807) is 19.2 Å². The van der Waals surface area contributed by atoms with Gasteiger partial charge >= 0.3 is 0 Å². The minimum Gasteiger partial charge on any atom is -0.386 e. The van der Waals surface area contributed by atoms with Gasteiger partial charge in [-0.2, -0.15) is 0 Å². The first kappa shape index (κ1) is 13.0. The molecule has 0 bridgehead atoms. The number of nitrogens with one attached hydrogen (secondary N) is 2. The maximum absolute atomic E-state index is 12.1. The third kappa shape index (κ3) is 2.87. The molecule has 2 heterocycles. The highest BCUT2D eigenvalue weighted by Gasteiger charge is 2.19. The Kier molecular flexibility index (Phi) is 3.95. The summed E-state index contributed by atoms with van der Waals surface area (Å²) in [5.74, 6) is 0. The van der Waals surface area contributed by atoms with Gasteiger partial charge in [-0.05, 0) is 23.6 Å². The van der Waals surface area contributed by atoms with Crippen LogP contribution in [0.3, 0.4) is 0 Å². The average Bonchev–Trinajstić information content (AvgIpc) is 2.89. The summed E-state index contributed by atoms with van der Waals surface area (Å²) in [5.41, 5.74) is 0.483. The van der Waals surface area contributed by atoms with Crippen molar-refractivity contribution in [3.63, 3.8) is 0 Å². The number of sulfonamides is 1. The van der Waals surface area contributed by atoms with Crippen LogP contribution in [0.25, 0.3) is 0 Å². The van der Waals surface area contributed by atoms with Gasteiger partial charge < -0.3 is 5.32 Å². The van der Waals surface area contributed by atoms with Gasteiger partial charge in [-0.25, -0.2) is 18.1 Å². The summed E-state index contributed by atoms with van der Waals surface area (Å²) in [6, 6.07) is 7.12. The monoisotopic (exact) mass is 283 g/mol. The maximum Gasteiger partial charge on any atom is 0.260 e. The van der Waals surface area contributed by atoms with Crippen molar-refractivity contribution in [2.24, 2.45) is 0 Å². The smallest absolute Gasteiger partial charge is 0.260 e. The zero-order valence-electron chi connectivity index (χ0n) is 9.75. The molecule has 0 radical (unpaired) electrons. The van der Waals surface area contributed by atoms with Crippen molar-refractivity contribution in [1.82, 2.24) is 9.71 Å². The second-order valence-corrected chi connectivity index (χ2v) is 6.22. The molecule has 0 unspecified atom stereocenters. The van der Waals surface area contributed by atoms with Gasteiger partial charge in [0.25, 0.3) is 10.0 Å². The van der Waals surface area contributed by atoms with E-state index >= 15 is 0 Å². The SMILES string of the molecule is CNc1cccnc1S(=O)(=O)NCc1cccs1. The number of aromatic nitrogens is 1. The average molecular weight is 283 g/mol. The lowest BCUT2D eigenvalue weighted by molar-refractivity contribution is 0.578. The largest absolute Gasteiger partial charge is 0.386 e. The molecule has 2 N–H and O–H groups in total. The normalized spacial score (nSPS) is 11.4. The standard InChI is InChI=1S/C11H13N3O2S2/c1-12-10-5-2-6-13-11(10)18(15,16)14-8-9-4-3-7-17-9/h2-7,12,14H,8H2,1H3. The van der Waals surface area contributed by atoms with Crippen molar-refractivity contribution in [3.05, 3.63) is 40.7 Å². The Morgan fingerprint density at radius 2 is 2.17 bits per heavy atom. The summed E-state index contributed by atoms with van der Waals surface area (Å²) in [7, 11) is -1.93. The molecule has 2 rings (SSSR count). The van der Waals surface area contributed by atoms with E-state index in [-0.39, 0.29) is 11.6 Å². The first-order chi connectivity index (χ1) is 8.63. The van der Waals surface area contributed by atoms with Crippen LogP contribution >= 0.6 is 11.3 Å². The number of nitrogens with zero attached hydrogens (tertiary/aromatic N) is 1. The van der Waals surface area contributed by atoms with Gasteiger partial charge in [0.15, 0.2) is 5.03 Å². The number of thiophene rings is 1. The second-order valence-electron chi connectivity index (χ2n) is 3.51. The van der Waals surface area contributed by atoms with Crippen LogP contribution < -0.4 is 10.0 Å². The summed E-state index contributed by atoms with van der Waals surface area (Å²) < 4.78 is 26.7. The number of anilines is 1. The van der Waals surface area contributed by atoms with Crippen molar-refractivity contribution in [2.45, 2.75) is 11.6 Å². The Bertz CT molecular complexity index is 609. The molecule has 0 atom stereocenters. The molecule has 0 aliphatic carbocycles. The molecule has 0 aliphatic rings. The topological polar surface area (TPSA) is 71.1 Å². The van der Waals surface area contributed by atoms with Crippen molar-refractivity contribution < 1.29 is 8.42 Å². The highest BCUT2D eigenvalue weighted by Crippen LogP contribution is 2.17. The van der Waals surface area contributed by atoms with Crippen molar-refractivity contribution >= 4 is 27.0 Å². The lowest BCUT2D eigenvalue weighted by Crippen LogP contribution is -2.24. The molecule has 0 saturated carbocycles. The van der Waals surface area contributed by atoms with Gasteiger partial charge in [-0.3, -0.25) is 0 Å². The summed E-state index contributed by atoms with van der Waals surface area (Å²) in [6.07, 6.45) is 1.46. The van der Waals surface area contributed by atoms with Crippen LogP contribution in [-0.4, -0.2) is 20.4 Å². The minimum atomic E-state index is -3.60. The predicted octanol–water partition coefficient (Wildman–Crippen LogP) is 1.66. The number of pyridine rings is 1. The Balaban J connectivity index is 2.20. The van der Waals surface area contributed by atoms with Crippen molar-refractivity contribution in [1.29, 1.82) is 0 Å². The molecular weight excluding hydrogens is 270 g/mol. The molecule has 5 nitrogen and oxygen atoms in total. The zero-order valence-corrected chi connectivity index (χ0v) is 11.4. The van der Waals surface area contributed by atoms with Crippen LogP contribution in [0.1, 0.15) is 4.88 Å². The Morgan fingerprint density at radius 1 is 1.33 bits per heavy atom. The third-order valence-corrected chi connectivity index (χ3v) is 4.55. The minimum absolute atomic E-state index is 0.0176. The molecule has 18 heavy (non-hydrogen) atoms. The first-order valence-electron chi connectivity index (χ1n) is 5.28. The van der Waals surface area contributed by atoms with Crippen LogP contribution in [0.5, 0.6) is 0 Å². The van der Waals surface area contributed by atoms with Gasteiger partial charge in [-0.1, -0.05) is 6.07 Å². The summed E-state index contributed by atoms with van der Waals surface area (Å²) in [5, 5.41) is 4.74. The number of hydrogen-bond donors (Lipinski definition) is 2. The first-order valence-corrected chi connectivity index (χ1v) is 7.64. The Hall–Kier alpha value is -1.44.